The Labute approximate surface area is 502 Å². The number of hydrogen-bond donors (Lipinski definition) is 6. The van der Waals surface area contributed by atoms with Gasteiger partial charge in [-0.2, -0.15) is 0 Å². The SMILES string of the molecule is CC(=O)O.CC(=O)O.CCC.CCC.CCC.CCC.CO.CO.CO.CO.COC.COC.c1ccccc1.c1ccccc1.c1ccccc1.c1ccccc1.c1ccccc1.c1ccccc1.c1ccccc1.c1ccccc1. The molecule has 0 aromatic heterocycles. The van der Waals surface area contributed by atoms with Crippen molar-refractivity contribution in [1.82, 2.24) is 0 Å². The Bertz CT molecular complexity index is 1260. The molecule has 0 fully saturated rings. The highest BCUT2D eigenvalue weighted by atomic mass is 16.5. The lowest BCUT2D eigenvalue weighted by Crippen LogP contribution is -1.78. The van der Waals surface area contributed by atoms with Crippen LogP contribution in [-0.4, -0.2) is 99.5 Å². The normalized spacial score (nSPS) is 6.90. The summed E-state index contributed by atoms with van der Waals surface area (Å²) in [6.45, 7) is 19.2. The second-order valence-corrected chi connectivity index (χ2v) is 13.9. The van der Waals surface area contributed by atoms with Gasteiger partial charge in [0.1, 0.15) is 0 Å². The summed E-state index contributed by atoms with van der Waals surface area (Å²) in [5.41, 5.74) is 0. The molecule has 0 atom stereocenters. The fourth-order valence-corrected chi connectivity index (χ4v) is 3.08. The van der Waals surface area contributed by atoms with Gasteiger partial charge in [0.05, 0.1) is 0 Å². The van der Waals surface area contributed by atoms with Crippen LogP contribution in [0.5, 0.6) is 0 Å². The maximum absolute atomic E-state index is 9.00. The fraction of sp³-hybridized carbons (Fsp3) is 0.306. The van der Waals surface area contributed by atoms with Crippen LogP contribution in [0.2, 0.25) is 0 Å². The smallest absolute Gasteiger partial charge is 0.300 e. The topological polar surface area (TPSA) is 174 Å². The first-order valence-electron chi connectivity index (χ1n) is 26.9. The van der Waals surface area contributed by atoms with Gasteiger partial charge in [-0.15, -0.1) is 0 Å². The molecule has 0 bridgehead atoms. The van der Waals surface area contributed by atoms with E-state index in [-0.39, 0.29) is 0 Å². The van der Waals surface area contributed by atoms with Gasteiger partial charge in [-0.1, -0.05) is 372 Å². The summed E-state index contributed by atoms with van der Waals surface area (Å²) in [6.07, 6.45) is 5.00. The zero-order chi connectivity index (χ0) is 65.3. The molecule has 10 heteroatoms. The number of ether oxygens (including phenoxy) is 2. The largest absolute Gasteiger partial charge is 0.481 e. The average Bonchev–Trinajstić information content (AvgIpc) is 3.55. The summed E-state index contributed by atoms with van der Waals surface area (Å²) in [5.74, 6) is -1.67. The summed E-state index contributed by atoms with van der Waals surface area (Å²) in [5, 5.41) is 42.8. The van der Waals surface area contributed by atoms with Crippen LogP contribution in [0.4, 0.5) is 0 Å². The second kappa shape index (κ2) is 140. The van der Waals surface area contributed by atoms with Crippen LogP contribution < -0.4 is 0 Å². The fourth-order valence-electron chi connectivity index (χ4n) is 3.08. The maximum atomic E-state index is 9.00. The zero-order valence-corrected chi connectivity index (χ0v) is 53.9. The molecule has 0 saturated carbocycles. The van der Waals surface area contributed by atoms with Crippen molar-refractivity contribution in [1.29, 1.82) is 0 Å². The Balaban J connectivity index is -0.0000000637. The van der Waals surface area contributed by atoms with E-state index in [4.69, 9.17) is 40.2 Å². The molecule has 464 valence electrons. The minimum Gasteiger partial charge on any atom is -0.481 e. The lowest BCUT2D eigenvalue weighted by molar-refractivity contribution is -0.135. The maximum Gasteiger partial charge on any atom is 0.300 e. The number of aliphatic carboxylic acids is 2. The van der Waals surface area contributed by atoms with Gasteiger partial charge >= 0.3 is 0 Å². The van der Waals surface area contributed by atoms with Crippen molar-refractivity contribution >= 4 is 11.9 Å². The van der Waals surface area contributed by atoms with Crippen LogP contribution >= 0.6 is 0 Å². The molecule has 6 N–H and O–H groups in total. The van der Waals surface area contributed by atoms with E-state index in [1.54, 1.807) is 28.4 Å². The standard InChI is InChI=1S/8C6H6.4C3H8.2C2H4O2.2C2H6O.4CH4O/c8*1-2-4-6-5-3-1;4*1-3-2;2*1-2(3)4;2*1-3-2;4*1-2/h8*1-6H;4*3H2,1-2H3;2*1H3,(H,3,4);2*1-2H3;4*2H,1H3. The molecule has 0 heterocycles. The summed E-state index contributed by atoms with van der Waals surface area (Å²) in [4.78, 5) is 18.0. The number of carboxylic acid groups (broad SMARTS) is 2. The van der Waals surface area contributed by atoms with Crippen molar-refractivity contribution in [3.05, 3.63) is 291 Å². The Morgan fingerprint density at radius 1 is 0.207 bits per heavy atom. The molecular formula is C72H116O10. The molecule has 0 spiro atoms. The molecule has 0 aliphatic rings. The molecule has 8 aromatic rings. The molecule has 0 radical (unpaired) electrons. The van der Waals surface area contributed by atoms with Crippen molar-refractivity contribution in [2.75, 3.05) is 56.9 Å². The number of methoxy groups -OCH3 is 2. The average molecular weight is 1140 g/mol. The molecule has 0 unspecified atom stereocenters. The quantitative estimate of drug-likeness (QED) is 0.0858. The number of rotatable bonds is 0. The first-order chi connectivity index (χ1) is 39.9. The molecule has 0 aliphatic heterocycles. The number of aliphatic hydroxyl groups is 4. The number of hydrogen-bond acceptors (Lipinski definition) is 8. The Morgan fingerprint density at radius 2 is 0.220 bits per heavy atom. The number of aliphatic hydroxyl groups excluding tert-OH is 4. The van der Waals surface area contributed by atoms with Crippen LogP contribution in [-0.2, 0) is 19.1 Å². The third-order valence-corrected chi connectivity index (χ3v) is 5.33. The van der Waals surface area contributed by atoms with Crippen LogP contribution in [0.25, 0.3) is 0 Å². The van der Waals surface area contributed by atoms with Crippen molar-refractivity contribution in [3.8, 4) is 0 Å². The van der Waals surface area contributed by atoms with Gasteiger partial charge in [-0.25, -0.2) is 0 Å². The number of carbonyl (C=O) groups is 2. The van der Waals surface area contributed by atoms with Gasteiger partial charge in [-0.05, 0) is 0 Å². The lowest BCUT2D eigenvalue weighted by Gasteiger charge is -1.69. The monoisotopic (exact) mass is 1140 g/mol. The molecule has 0 saturated heterocycles. The van der Waals surface area contributed by atoms with E-state index < -0.39 is 11.9 Å². The highest BCUT2D eigenvalue weighted by Crippen LogP contribution is 1.84. The summed E-state index contributed by atoms with van der Waals surface area (Å²) in [7, 11) is 10.5. The summed E-state index contributed by atoms with van der Waals surface area (Å²) < 4.78 is 8.50. The van der Waals surface area contributed by atoms with Gasteiger partial charge in [0.25, 0.3) is 11.9 Å². The van der Waals surface area contributed by atoms with E-state index in [1.807, 2.05) is 291 Å². The Morgan fingerprint density at radius 3 is 0.232 bits per heavy atom. The highest BCUT2D eigenvalue weighted by Gasteiger charge is 1.66. The van der Waals surface area contributed by atoms with Gasteiger partial charge in [0.15, 0.2) is 0 Å². The van der Waals surface area contributed by atoms with Crippen molar-refractivity contribution < 1.29 is 49.7 Å². The Kier molecular flexibility index (Phi) is 176. The van der Waals surface area contributed by atoms with E-state index in [9.17, 15) is 0 Å². The molecule has 8 rings (SSSR count). The highest BCUT2D eigenvalue weighted by molar-refractivity contribution is 5.63. The first kappa shape index (κ1) is 103. The van der Waals surface area contributed by atoms with E-state index in [1.165, 1.54) is 25.7 Å². The minimum atomic E-state index is -0.833. The zero-order valence-electron chi connectivity index (χ0n) is 53.9. The molecule has 10 nitrogen and oxygen atoms in total. The van der Waals surface area contributed by atoms with Crippen LogP contribution in [0.15, 0.2) is 291 Å². The molecular weight excluding hydrogens is 1020 g/mol. The molecule has 8 aromatic carbocycles. The van der Waals surface area contributed by atoms with Gasteiger partial charge < -0.3 is 40.1 Å². The third-order valence-electron chi connectivity index (χ3n) is 5.33. The van der Waals surface area contributed by atoms with E-state index in [2.05, 4.69) is 64.9 Å². The predicted octanol–water partition coefficient (Wildman–Crippen LogP) is 18.3. The number of carboxylic acids is 2. The summed E-state index contributed by atoms with van der Waals surface area (Å²) in [6, 6.07) is 96.0. The van der Waals surface area contributed by atoms with Crippen molar-refractivity contribution in [2.45, 2.75) is 94.9 Å². The van der Waals surface area contributed by atoms with Gasteiger partial charge in [0.2, 0.25) is 0 Å². The first-order valence-corrected chi connectivity index (χ1v) is 26.9. The third kappa shape index (κ3) is 226. The predicted molar refractivity (Wildman–Crippen MR) is 360 cm³/mol. The molecule has 82 heavy (non-hydrogen) atoms. The van der Waals surface area contributed by atoms with Crippen molar-refractivity contribution in [3.63, 3.8) is 0 Å². The lowest BCUT2D eigenvalue weighted by atomic mass is 10.4. The minimum absolute atomic E-state index is 0.833. The number of benzene rings is 8. The van der Waals surface area contributed by atoms with E-state index >= 15 is 0 Å². The van der Waals surface area contributed by atoms with Crippen LogP contribution in [0, 0.1) is 0 Å². The molecule has 0 aliphatic carbocycles. The van der Waals surface area contributed by atoms with Gasteiger partial charge in [0, 0.05) is 70.7 Å². The van der Waals surface area contributed by atoms with Gasteiger partial charge in [-0.3, -0.25) is 9.59 Å². The second-order valence-electron chi connectivity index (χ2n) is 13.9. The molecule has 0 amide bonds. The Hall–Kier alpha value is -7.54. The van der Waals surface area contributed by atoms with Crippen LogP contribution in [0.1, 0.15) is 94.9 Å². The van der Waals surface area contributed by atoms with E-state index in [0.29, 0.717) is 0 Å². The van der Waals surface area contributed by atoms with Crippen LogP contribution in [0.3, 0.4) is 0 Å². The summed E-state index contributed by atoms with van der Waals surface area (Å²) >= 11 is 0. The van der Waals surface area contributed by atoms with E-state index in [0.717, 1.165) is 42.3 Å². The van der Waals surface area contributed by atoms with Crippen molar-refractivity contribution in [2.24, 2.45) is 0 Å².